The number of rotatable bonds is 4. The molecule has 0 aliphatic heterocycles. The van der Waals surface area contributed by atoms with Crippen LogP contribution in [0.2, 0.25) is 5.15 Å². The number of nitrogens with zero attached hydrogens (tertiary/aromatic N) is 2. The Labute approximate surface area is 101 Å². The molecule has 0 spiro atoms. The molecule has 0 fully saturated rings. The zero-order chi connectivity index (χ0) is 12.2. The van der Waals surface area contributed by atoms with Gasteiger partial charge in [-0.1, -0.05) is 32.4 Å². The number of halogens is 1. The van der Waals surface area contributed by atoms with Gasteiger partial charge in [0.25, 0.3) is 0 Å². The Hall–Kier alpha value is -0.870. The summed E-state index contributed by atoms with van der Waals surface area (Å²) in [6.07, 6.45) is 0.346. The molecule has 0 bridgehead atoms. The lowest BCUT2D eigenvalue weighted by Gasteiger charge is -2.22. The highest BCUT2D eigenvalue weighted by Gasteiger charge is 2.16. The number of anilines is 1. The van der Waals surface area contributed by atoms with Crippen molar-refractivity contribution in [2.75, 3.05) is 11.9 Å². The second-order valence-electron chi connectivity index (χ2n) is 5.04. The molecule has 90 valence electrons. The van der Waals surface area contributed by atoms with Gasteiger partial charge in [-0.25, -0.2) is 0 Å². The Morgan fingerprint density at radius 1 is 1.38 bits per heavy atom. The second-order valence-corrected chi connectivity index (χ2v) is 5.43. The van der Waals surface area contributed by atoms with Crippen LogP contribution in [-0.4, -0.2) is 28.0 Å². The molecular formula is C11H18ClN3O. The van der Waals surface area contributed by atoms with Gasteiger partial charge in [0.15, 0.2) is 5.15 Å². The lowest BCUT2D eigenvalue weighted by molar-refractivity contribution is 0.132. The van der Waals surface area contributed by atoms with E-state index in [4.69, 9.17) is 11.6 Å². The van der Waals surface area contributed by atoms with Crippen LogP contribution in [0.1, 0.15) is 27.2 Å². The van der Waals surface area contributed by atoms with Gasteiger partial charge in [-0.3, -0.25) is 0 Å². The predicted octanol–water partition coefficient (Wildman–Crippen LogP) is 2.34. The first-order valence-corrected chi connectivity index (χ1v) is 5.66. The normalized spacial score (nSPS) is 13.6. The van der Waals surface area contributed by atoms with Crippen molar-refractivity contribution >= 4 is 17.4 Å². The van der Waals surface area contributed by atoms with Gasteiger partial charge in [-0.2, -0.15) is 0 Å². The fourth-order valence-corrected chi connectivity index (χ4v) is 1.51. The zero-order valence-electron chi connectivity index (χ0n) is 9.87. The lowest BCUT2D eigenvalue weighted by Crippen LogP contribution is -2.25. The van der Waals surface area contributed by atoms with E-state index in [-0.39, 0.29) is 5.41 Å². The van der Waals surface area contributed by atoms with Crippen LogP contribution < -0.4 is 5.32 Å². The standard InChI is InChI=1S/C11H18ClN3O/c1-11(2,3)6-8(16)7-13-10-5-4-9(12)14-15-10/h4-5,8,16H,6-7H2,1-3H3,(H,13,15). The molecule has 0 saturated carbocycles. The van der Waals surface area contributed by atoms with Gasteiger partial charge < -0.3 is 10.4 Å². The molecule has 0 radical (unpaired) electrons. The average Bonchev–Trinajstić information content (AvgIpc) is 2.14. The average molecular weight is 244 g/mol. The van der Waals surface area contributed by atoms with E-state index in [1.54, 1.807) is 12.1 Å². The number of aliphatic hydroxyl groups is 1. The van der Waals surface area contributed by atoms with Gasteiger partial charge in [0, 0.05) is 6.54 Å². The maximum atomic E-state index is 9.76. The minimum absolute atomic E-state index is 0.118. The van der Waals surface area contributed by atoms with E-state index in [9.17, 15) is 5.11 Å². The van der Waals surface area contributed by atoms with E-state index in [1.807, 2.05) is 0 Å². The number of hydrogen-bond donors (Lipinski definition) is 2. The summed E-state index contributed by atoms with van der Waals surface area (Å²) in [5.41, 5.74) is 0.118. The monoisotopic (exact) mass is 243 g/mol. The van der Waals surface area contributed by atoms with Crippen LogP contribution in [0.4, 0.5) is 5.82 Å². The van der Waals surface area contributed by atoms with Crippen molar-refractivity contribution in [3.63, 3.8) is 0 Å². The molecular weight excluding hydrogens is 226 g/mol. The molecule has 2 N–H and O–H groups in total. The van der Waals surface area contributed by atoms with Crippen molar-refractivity contribution in [1.29, 1.82) is 0 Å². The number of nitrogens with one attached hydrogen (secondary N) is 1. The first kappa shape index (κ1) is 13.2. The molecule has 1 aromatic rings. The molecule has 4 nitrogen and oxygen atoms in total. The van der Waals surface area contributed by atoms with Crippen molar-refractivity contribution in [2.45, 2.75) is 33.3 Å². The Bertz CT molecular complexity index is 321. The molecule has 0 amide bonds. The lowest BCUT2D eigenvalue weighted by atomic mass is 9.89. The third-order valence-electron chi connectivity index (χ3n) is 2.00. The SMILES string of the molecule is CC(C)(C)CC(O)CNc1ccc(Cl)nn1. The topological polar surface area (TPSA) is 58.0 Å². The summed E-state index contributed by atoms with van der Waals surface area (Å²) in [5.74, 6) is 0.623. The molecule has 0 aromatic carbocycles. The van der Waals surface area contributed by atoms with Crippen molar-refractivity contribution in [2.24, 2.45) is 5.41 Å². The summed E-state index contributed by atoms with van der Waals surface area (Å²) in [5, 5.41) is 20.7. The van der Waals surface area contributed by atoms with E-state index >= 15 is 0 Å². The van der Waals surface area contributed by atoms with Crippen molar-refractivity contribution in [3.05, 3.63) is 17.3 Å². The fourth-order valence-electron chi connectivity index (χ4n) is 1.41. The van der Waals surface area contributed by atoms with Crippen LogP contribution in [0.5, 0.6) is 0 Å². The molecule has 16 heavy (non-hydrogen) atoms. The molecule has 0 aliphatic rings. The van der Waals surface area contributed by atoms with Gasteiger partial charge >= 0.3 is 0 Å². The largest absolute Gasteiger partial charge is 0.391 e. The van der Waals surface area contributed by atoms with Crippen LogP contribution in [0.15, 0.2) is 12.1 Å². The minimum atomic E-state index is -0.391. The van der Waals surface area contributed by atoms with Gasteiger partial charge in [0.1, 0.15) is 5.82 Å². The Morgan fingerprint density at radius 2 is 2.06 bits per heavy atom. The van der Waals surface area contributed by atoms with E-state index in [0.717, 1.165) is 6.42 Å². The zero-order valence-corrected chi connectivity index (χ0v) is 10.6. The minimum Gasteiger partial charge on any atom is -0.391 e. The van der Waals surface area contributed by atoms with E-state index in [0.29, 0.717) is 17.5 Å². The molecule has 1 atom stereocenters. The summed E-state index contributed by atoms with van der Waals surface area (Å²) < 4.78 is 0. The highest BCUT2D eigenvalue weighted by molar-refractivity contribution is 6.29. The van der Waals surface area contributed by atoms with Crippen molar-refractivity contribution in [1.82, 2.24) is 10.2 Å². The van der Waals surface area contributed by atoms with Crippen LogP contribution in [0, 0.1) is 5.41 Å². The number of aliphatic hydroxyl groups excluding tert-OH is 1. The van der Waals surface area contributed by atoms with E-state index in [2.05, 4.69) is 36.3 Å². The molecule has 0 aliphatic carbocycles. The van der Waals surface area contributed by atoms with E-state index in [1.165, 1.54) is 0 Å². The van der Waals surface area contributed by atoms with Crippen LogP contribution in [0.25, 0.3) is 0 Å². The first-order chi connectivity index (χ1) is 7.37. The van der Waals surface area contributed by atoms with Gasteiger partial charge in [-0.15, -0.1) is 10.2 Å². The molecule has 5 heteroatoms. The predicted molar refractivity (Wildman–Crippen MR) is 65.6 cm³/mol. The molecule has 0 saturated heterocycles. The summed E-state index contributed by atoms with van der Waals surface area (Å²) in [4.78, 5) is 0. The summed E-state index contributed by atoms with van der Waals surface area (Å²) in [6, 6.07) is 3.40. The Balaban J connectivity index is 2.37. The smallest absolute Gasteiger partial charge is 0.151 e. The Kier molecular flexibility index (Phi) is 4.50. The third kappa shape index (κ3) is 5.28. The molecule has 1 rings (SSSR count). The summed E-state index contributed by atoms with van der Waals surface area (Å²) in [7, 11) is 0. The first-order valence-electron chi connectivity index (χ1n) is 5.28. The van der Waals surface area contributed by atoms with Gasteiger partial charge in [-0.05, 0) is 24.0 Å². The quantitative estimate of drug-likeness (QED) is 0.852. The fraction of sp³-hybridized carbons (Fsp3) is 0.636. The highest BCUT2D eigenvalue weighted by Crippen LogP contribution is 2.20. The Morgan fingerprint density at radius 3 is 2.56 bits per heavy atom. The van der Waals surface area contributed by atoms with Crippen molar-refractivity contribution in [3.8, 4) is 0 Å². The van der Waals surface area contributed by atoms with Crippen LogP contribution in [0.3, 0.4) is 0 Å². The summed E-state index contributed by atoms with van der Waals surface area (Å²) >= 11 is 5.61. The third-order valence-corrected chi connectivity index (χ3v) is 2.20. The van der Waals surface area contributed by atoms with E-state index < -0.39 is 6.10 Å². The van der Waals surface area contributed by atoms with Crippen molar-refractivity contribution < 1.29 is 5.11 Å². The number of aromatic nitrogens is 2. The summed E-state index contributed by atoms with van der Waals surface area (Å²) in [6.45, 7) is 6.75. The highest BCUT2D eigenvalue weighted by atomic mass is 35.5. The maximum Gasteiger partial charge on any atom is 0.151 e. The second kappa shape index (κ2) is 5.46. The van der Waals surface area contributed by atoms with Gasteiger partial charge in [0.05, 0.1) is 6.10 Å². The van der Waals surface area contributed by atoms with Crippen LogP contribution >= 0.6 is 11.6 Å². The molecule has 1 aromatic heterocycles. The number of hydrogen-bond acceptors (Lipinski definition) is 4. The molecule has 1 unspecified atom stereocenters. The van der Waals surface area contributed by atoms with Crippen LogP contribution in [-0.2, 0) is 0 Å². The maximum absolute atomic E-state index is 9.76. The molecule has 1 heterocycles. The van der Waals surface area contributed by atoms with Gasteiger partial charge in [0.2, 0.25) is 0 Å².